The molecule has 1 aliphatic rings. The van der Waals surface area contributed by atoms with Crippen LogP contribution in [0.15, 0.2) is 18.2 Å². The molecule has 0 aliphatic carbocycles. The van der Waals surface area contributed by atoms with E-state index in [2.05, 4.69) is 4.90 Å². The highest BCUT2D eigenvalue weighted by atomic mass is 35.5. The molecule has 2 rings (SSSR count). The van der Waals surface area contributed by atoms with Crippen molar-refractivity contribution in [1.82, 2.24) is 4.90 Å². The van der Waals surface area contributed by atoms with E-state index in [1.807, 2.05) is 13.8 Å². The van der Waals surface area contributed by atoms with Gasteiger partial charge in [0.15, 0.2) is 0 Å². The van der Waals surface area contributed by atoms with Crippen LogP contribution in [0.2, 0.25) is 5.02 Å². The Bertz CT molecular complexity index is 461. The molecular weight excluding hydrogens is 281 g/mol. The van der Waals surface area contributed by atoms with Crippen LogP contribution in [-0.4, -0.2) is 48.0 Å². The third kappa shape index (κ3) is 3.50. The summed E-state index contributed by atoms with van der Waals surface area (Å²) in [5, 5.41) is 10.9. The van der Waals surface area contributed by atoms with Crippen molar-refractivity contribution in [2.75, 3.05) is 26.3 Å². The lowest BCUT2D eigenvalue weighted by atomic mass is 9.89. The topological polar surface area (TPSA) is 32.7 Å². The Hall–Kier alpha value is -0.680. The van der Waals surface area contributed by atoms with Gasteiger partial charge in [-0.1, -0.05) is 17.7 Å². The molecule has 112 valence electrons. The number of nitrogens with zero attached hydrogens (tertiary/aromatic N) is 1. The van der Waals surface area contributed by atoms with E-state index in [0.29, 0.717) is 23.8 Å². The summed E-state index contributed by atoms with van der Waals surface area (Å²) in [4.78, 5) is 2.19. The maximum absolute atomic E-state index is 13.8. The van der Waals surface area contributed by atoms with Crippen LogP contribution in [-0.2, 0) is 11.2 Å². The van der Waals surface area contributed by atoms with Gasteiger partial charge in [-0.3, -0.25) is 4.90 Å². The Morgan fingerprint density at radius 3 is 2.65 bits per heavy atom. The highest BCUT2D eigenvalue weighted by Gasteiger charge is 2.35. The minimum atomic E-state index is -0.656. The predicted molar refractivity (Wildman–Crippen MR) is 77.6 cm³/mol. The lowest BCUT2D eigenvalue weighted by Crippen LogP contribution is -2.56. The maximum atomic E-state index is 13.8. The van der Waals surface area contributed by atoms with Gasteiger partial charge in [-0.15, -0.1) is 0 Å². The second kappa shape index (κ2) is 6.39. The van der Waals surface area contributed by atoms with Crippen LogP contribution >= 0.6 is 11.6 Å². The van der Waals surface area contributed by atoms with Gasteiger partial charge in [-0.05, 0) is 31.5 Å². The van der Waals surface area contributed by atoms with Gasteiger partial charge in [-0.2, -0.15) is 0 Å². The highest BCUT2D eigenvalue weighted by molar-refractivity contribution is 6.30. The summed E-state index contributed by atoms with van der Waals surface area (Å²) in [6.45, 7) is 6.88. The van der Waals surface area contributed by atoms with Crippen molar-refractivity contribution in [3.63, 3.8) is 0 Å². The summed E-state index contributed by atoms with van der Waals surface area (Å²) >= 11 is 5.74. The molecule has 1 fully saturated rings. The van der Waals surface area contributed by atoms with Crippen molar-refractivity contribution >= 4 is 11.6 Å². The summed E-state index contributed by atoms with van der Waals surface area (Å²) in [5.74, 6) is -0.366. The molecule has 5 heteroatoms. The molecule has 1 heterocycles. The Kier molecular flexibility index (Phi) is 5.02. The number of halogens is 2. The summed E-state index contributed by atoms with van der Waals surface area (Å²) in [5.41, 5.74) is 0.0683. The SMILES string of the molecule is CC(C)(C(O)Cc1ccc(Cl)cc1F)N1CCOCC1. The normalized spacial score (nSPS) is 19.1. The molecule has 0 saturated carbocycles. The van der Waals surface area contributed by atoms with Gasteiger partial charge in [0.1, 0.15) is 5.82 Å². The van der Waals surface area contributed by atoms with Crippen LogP contribution in [0.25, 0.3) is 0 Å². The Morgan fingerprint density at radius 1 is 1.40 bits per heavy atom. The fraction of sp³-hybridized carbons (Fsp3) is 0.600. The molecule has 0 amide bonds. The molecule has 1 aliphatic heterocycles. The molecule has 1 atom stereocenters. The van der Waals surface area contributed by atoms with Crippen molar-refractivity contribution in [2.24, 2.45) is 0 Å². The third-order valence-electron chi connectivity index (χ3n) is 4.07. The zero-order chi connectivity index (χ0) is 14.8. The number of aliphatic hydroxyl groups is 1. The average molecular weight is 302 g/mol. The fourth-order valence-corrected chi connectivity index (χ4v) is 2.65. The number of benzene rings is 1. The average Bonchev–Trinajstić information content (AvgIpc) is 2.42. The van der Waals surface area contributed by atoms with E-state index in [1.165, 1.54) is 6.07 Å². The van der Waals surface area contributed by atoms with Gasteiger partial charge < -0.3 is 9.84 Å². The Balaban J connectivity index is 2.07. The van der Waals surface area contributed by atoms with E-state index in [9.17, 15) is 9.50 Å². The molecular formula is C15H21ClFNO2. The second-order valence-electron chi connectivity index (χ2n) is 5.71. The van der Waals surface area contributed by atoms with Crippen molar-refractivity contribution in [3.05, 3.63) is 34.6 Å². The van der Waals surface area contributed by atoms with Gasteiger partial charge >= 0.3 is 0 Å². The van der Waals surface area contributed by atoms with Gasteiger partial charge in [-0.25, -0.2) is 4.39 Å². The number of morpholine rings is 1. The van der Waals surface area contributed by atoms with Crippen LogP contribution in [0.5, 0.6) is 0 Å². The molecule has 1 unspecified atom stereocenters. The first-order chi connectivity index (χ1) is 9.41. The zero-order valence-corrected chi connectivity index (χ0v) is 12.7. The largest absolute Gasteiger partial charge is 0.391 e. The predicted octanol–water partition coefficient (Wildman–Crippen LogP) is 2.49. The molecule has 0 bridgehead atoms. The highest BCUT2D eigenvalue weighted by Crippen LogP contribution is 2.25. The molecule has 1 aromatic carbocycles. The smallest absolute Gasteiger partial charge is 0.127 e. The lowest BCUT2D eigenvalue weighted by molar-refractivity contribution is -0.0613. The Labute approximate surface area is 124 Å². The first-order valence-corrected chi connectivity index (χ1v) is 7.24. The minimum absolute atomic E-state index is 0.271. The number of hydrogen-bond donors (Lipinski definition) is 1. The van der Waals surface area contributed by atoms with Crippen molar-refractivity contribution in [1.29, 1.82) is 0 Å². The van der Waals surface area contributed by atoms with E-state index in [1.54, 1.807) is 12.1 Å². The molecule has 1 N–H and O–H groups in total. The third-order valence-corrected chi connectivity index (χ3v) is 4.31. The molecule has 20 heavy (non-hydrogen) atoms. The molecule has 0 radical (unpaired) electrons. The van der Waals surface area contributed by atoms with E-state index >= 15 is 0 Å². The van der Waals surface area contributed by atoms with Crippen molar-refractivity contribution < 1.29 is 14.2 Å². The molecule has 3 nitrogen and oxygen atoms in total. The molecule has 1 saturated heterocycles. The summed E-state index contributed by atoms with van der Waals surface area (Å²) in [7, 11) is 0. The van der Waals surface area contributed by atoms with Crippen LogP contribution < -0.4 is 0 Å². The van der Waals surface area contributed by atoms with Crippen LogP contribution in [0.3, 0.4) is 0 Å². The molecule has 0 aromatic heterocycles. The standard InChI is InChI=1S/C15H21ClFNO2/c1-15(2,18-5-7-20-8-6-18)14(19)9-11-3-4-12(16)10-13(11)17/h3-4,10,14,19H,5-9H2,1-2H3. The van der Waals surface area contributed by atoms with Crippen LogP contribution in [0.1, 0.15) is 19.4 Å². The van der Waals surface area contributed by atoms with E-state index in [0.717, 1.165) is 13.1 Å². The molecule has 1 aromatic rings. The first-order valence-electron chi connectivity index (χ1n) is 6.86. The Morgan fingerprint density at radius 2 is 2.05 bits per heavy atom. The monoisotopic (exact) mass is 301 g/mol. The number of aliphatic hydroxyl groups excluding tert-OH is 1. The van der Waals surface area contributed by atoms with Crippen LogP contribution in [0.4, 0.5) is 4.39 Å². The summed E-state index contributed by atoms with van der Waals surface area (Å²) in [6.07, 6.45) is -0.385. The first kappa shape index (κ1) is 15.7. The van der Waals surface area contributed by atoms with E-state index in [-0.39, 0.29) is 12.2 Å². The number of hydrogen-bond acceptors (Lipinski definition) is 3. The lowest BCUT2D eigenvalue weighted by Gasteiger charge is -2.43. The fourth-order valence-electron chi connectivity index (χ4n) is 2.50. The quantitative estimate of drug-likeness (QED) is 0.927. The number of rotatable bonds is 4. The summed E-state index contributed by atoms with van der Waals surface area (Å²) in [6, 6.07) is 4.57. The van der Waals surface area contributed by atoms with Gasteiger partial charge in [0.2, 0.25) is 0 Å². The maximum Gasteiger partial charge on any atom is 0.127 e. The zero-order valence-electron chi connectivity index (χ0n) is 11.9. The summed E-state index contributed by atoms with van der Waals surface area (Å²) < 4.78 is 19.1. The van der Waals surface area contributed by atoms with Crippen LogP contribution in [0, 0.1) is 5.82 Å². The van der Waals surface area contributed by atoms with E-state index in [4.69, 9.17) is 16.3 Å². The molecule has 0 spiro atoms. The van der Waals surface area contributed by atoms with E-state index < -0.39 is 11.6 Å². The van der Waals surface area contributed by atoms with Gasteiger partial charge in [0, 0.05) is 30.1 Å². The number of ether oxygens (including phenoxy) is 1. The van der Waals surface area contributed by atoms with Crippen molar-refractivity contribution in [3.8, 4) is 0 Å². The minimum Gasteiger partial charge on any atom is -0.391 e. The van der Waals surface area contributed by atoms with Gasteiger partial charge in [0.05, 0.1) is 19.3 Å². The second-order valence-corrected chi connectivity index (χ2v) is 6.15. The van der Waals surface area contributed by atoms with Crippen molar-refractivity contribution in [2.45, 2.75) is 31.9 Å². The van der Waals surface area contributed by atoms with Gasteiger partial charge in [0.25, 0.3) is 0 Å².